The molecule has 194 valence electrons. The summed E-state index contributed by atoms with van der Waals surface area (Å²) in [4.78, 5) is 18.0. The molecule has 10 heteroatoms. The first-order chi connectivity index (χ1) is 17.5. The summed E-state index contributed by atoms with van der Waals surface area (Å²) in [6.45, 7) is 4.61. The van der Waals surface area contributed by atoms with E-state index >= 15 is 0 Å². The predicted molar refractivity (Wildman–Crippen MR) is 146 cm³/mol. The van der Waals surface area contributed by atoms with E-state index in [-0.39, 0.29) is 33.8 Å². The van der Waals surface area contributed by atoms with Crippen molar-refractivity contribution in [3.63, 3.8) is 0 Å². The van der Waals surface area contributed by atoms with Gasteiger partial charge in [0.15, 0.2) is 5.17 Å². The molecule has 1 heterocycles. The van der Waals surface area contributed by atoms with Crippen LogP contribution in [0, 0.1) is 11.6 Å². The van der Waals surface area contributed by atoms with Gasteiger partial charge in [-0.05, 0) is 54.1 Å². The minimum absolute atomic E-state index is 0.0296. The summed E-state index contributed by atoms with van der Waals surface area (Å²) in [5.41, 5.74) is 1.22. The summed E-state index contributed by atoms with van der Waals surface area (Å²) < 4.78 is 33.9. The number of carboxylic acids is 1. The smallest absolute Gasteiger partial charge is 0.335 e. The van der Waals surface area contributed by atoms with Crippen molar-refractivity contribution >= 4 is 51.8 Å². The van der Waals surface area contributed by atoms with Crippen molar-refractivity contribution in [1.82, 2.24) is 0 Å². The molecule has 0 amide bonds. The highest BCUT2D eigenvalue weighted by Gasteiger charge is 2.41. The standard InChI is InChI=1S/C27H24Cl2F2N2O3S/c1-27(2,16-4-9-20(28)23(12-16)36-3)24-13-32-26(33(24)18-7-5-17(30)6-8-18)37-14-19-21(29)10-15(25(34)35)11-22(19)31/h4-12,24H,13-14H2,1-3H3,(H,34,35). The molecule has 0 spiro atoms. The zero-order chi connectivity index (χ0) is 26.9. The highest BCUT2D eigenvalue weighted by atomic mass is 35.5. The van der Waals surface area contributed by atoms with Crippen LogP contribution in [0.5, 0.6) is 5.75 Å². The lowest BCUT2D eigenvalue weighted by Gasteiger charge is -2.39. The van der Waals surface area contributed by atoms with Crippen molar-refractivity contribution < 1.29 is 23.4 Å². The largest absolute Gasteiger partial charge is 0.495 e. The number of ether oxygens (including phenoxy) is 1. The number of hydrogen-bond donors (Lipinski definition) is 1. The molecule has 1 aliphatic rings. The van der Waals surface area contributed by atoms with Gasteiger partial charge in [-0.2, -0.15) is 0 Å². The van der Waals surface area contributed by atoms with Crippen molar-refractivity contribution in [3.05, 3.63) is 93.0 Å². The number of rotatable bonds is 7. The molecule has 0 aliphatic carbocycles. The maximum absolute atomic E-state index is 14.7. The number of carboxylic acid groups (broad SMARTS) is 1. The van der Waals surface area contributed by atoms with E-state index < -0.39 is 17.2 Å². The Kier molecular flexibility index (Phi) is 8.02. The molecule has 0 aromatic heterocycles. The number of aliphatic imine (C=N–C) groups is 1. The number of amidine groups is 1. The van der Waals surface area contributed by atoms with Crippen molar-refractivity contribution in [1.29, 1.82) is 0 Å². The summed E-state index contributed by atoms with van der Waals surface area (Å²) in [7, 11) is 1.56. The minimum Gasteiger partial charge on any atom is -0.495 e. The van der Waals surface area contributed by atoms with E-state index in [4.69, 9.17) is 38.0 Å². The monoisotopic (exact) mass is 564 g/mol. The van der Waals surface area contributed by atoms with E-state index in [1.807, 2.05) is 17.0 Å². The SMILES string of the molecule is COc1cc(C(C)(C)C2CN=C(SCc3c(F)cc(C(=O)O)cc3Cl)N2c2ccc(F)cc2)ccc1Cl. The number of hydrogen-bond acceptors (Lipinski definition) is 5. The van der Waals surface area contributed by atoms with E-state index in [1.165, 1.54) is 30.0 Å². The molecule has 4 rings (SSSR count). The summed E-state index contributed by atoms with van der Waals surface area (Å²) >= 11 is 13.7. The van der Waals surface area contributed by atoms with Crippen molar-refractivity contribution in [2.75, 3.05) is 18.6 Å². The molecule has 1 unspecified atom stereocenters. The Morgan fingerprint density at radius 1 is 1.14 bits per heavy atom. The molecule has 1 N–H and O–H groups in total. The van der Waals surface area contributed by atoms with Crippen LogP contribution in [0.1, 0.15) is 35.3 Å². The zero-order valence-corrected chi connectivity index (χ0v) is 22.6. The van der Waals surface area contributed by atoms with Gasteiger partial charge in [-0.15, -0.1) is 0 Å². The number of nitrogens with zero attached hydrogens (tertiary/aromatic N) is 2. The third-order valence-corrected chi connectivity index (χ3v) is 8.15. The van der Waals surface area contributed by atoms with E-state index in [9.17, 15) is 13.6 Å². The van der Waals surface area contributed by atoms with Gasteiger partial charge in [0.1, 0.15) is 17.4 Å². The highest BCUT2D eigenvalue weighted by molar-refractivity contribution is 8.13. The Hall–Kier alpha value is -2.81. The summed E-state index contributed by atoms with van der Waals surface area (Å²) in [5.74, 6) is -1.63. The summed E-state index contributed by atoms with van der Waals surface area (Å²) in [6, 6.07) is 13.8. The molecule has 37 heavy (non-hydrogen) atoms. The van der Waals surface area contributed by atoms with Crippen LogP contribution in [0.3, 0.4) is 0 Å². The molecule has 3 aromatic rings. The van der Waals surface area contributed by atoms with Gasteiger partial charge in [0.05, 0.1) is 30.3 Å². The molecule has 3 aromatic carbocycles. The minimum atomic E-state index is -1.26. The predicted octanol–water partition coefficient (Wildman–Crippen LogP) is 7.43. The van der Waals surface area contributed by atoms with Crippen LogP contribution in [-0.4, -0.2) is 35.9 Å². The van der Waals surface area contributed by atoms with Crippen LogP contribution in [0.2, 0.25) is 10.0 Å². The first-order valence-electron chi connectivity index (χ1n) is 11.3. The second-order valence-electron chi connectivity index (χ2n) is 9.07. The average Bonchev–Trinajstić information content (AvgIpc) is 3.28. The highest BCUT2D eigenvalue weighted by Crippen LogP contribution is 2.41. The van der Waals surface area contributed by atoms with Gasteiger partial charge in [0.25, 0.3) is 0 Å². The van der Waals surface area contributed by atoms with E-state index in [1.54, 1.807) is 25.3 Å². The Bertz CT molecular complexity index is 1340. The van der Waals surface area contributed by atoms with Gasteiger partial charge in [0.2, 0.25) is 0 Å². The molecular weight excluding hydrogens is 541 g/mol. The fourth-order valence-electron chi connectivity index (χ4n) is 4.27. The van der Waals surface area contributed by atoms with Gasteiger partial charge >= 0.3 is 5.97 Å². The Morgan fingerprint density at radius 2 is 1.84 bits per heavy atom. The fraction of sp³-hybridized carbons (Fsp3) is 0.259. The van der Waals surface area contributed by atoms with Crippen LogP contribution < -0.4 is 9.64 Å². The number of thioether (sulfide) groups is 1. The number of halogens is 4. The van der Waals surface area contributed by atoms with Crippen LogP contribution >= 0.6 is 35.0 Å². The number of benzene rings is 3. The first kappa shape index (κ1) is 27.2. The number of methoxy groups -OCH3 is 1. The molecule has 1 atom stereocenters. The van der Waals surface area contributed by atoms with E-state index in [0.717, 1.165) is 17.3 Å². The molecule has 1 aliphatic heterocycles. The molecule has 0 saturated heterocycles. The van der Waals surface area contributed by atoms with Gasteiger partial charge in [-0.1, -0.05) is 54.9 Å². The van der Waals surface area contributed by atoms with E-state index in [2.05, 4.69) is 13.8 Å². The molecule has 0 fully saturated rings. The summed E-state index contributed by atoms with van der Waals surface area (Å²) in [5, 5.41) is 10.3. The Morgan fingerprint density at radius 3 is 2.46 bits per heavy atom. The first-order valence-corrected chi connectivity index (χ1v) is 13.0. The second-order valence-corrected chi connectivity index (χ2v) is 10.8. The molecule has 0 saturated carbocycles. The Balaban J connectivity index is 1.67. The van der Waals surface area contributed by atoms with Crippen LogP contribution in [0.25, 0.3) is 0 Å². The quantitative estimate of drug-likeness (QED) is 0.323. The van der Waals surface area contributed by atoms with Gasteiger partial charge < -0.3 is 14.7 Å². The van der Waals surface area contributed by atoms with Gasteiger partial charge in [-0.3, -0.25) is 4.99 Å². The van der Waals surface area contributed by atoms with Gasteiger partial charge in [0, 0.05) is 27.4 Å². The Labute approximate surface area is 228 Å². The topological polar surface area (TPSA) is 62.1 Å². The molecule has 0 radical (unpaired) electrons. The number of carbonyl (C=O) groups is 1. The van der Waals surface area contributed by atoms with Crippen molar-refractivity contribution in [3.8, 4) is 5.75 Å². The van der Waals surface area contributed by atoms with Crippen molar-refractivity contribution in [2.24, 2.45) is 4.99 Å². The lowest BCUT2D eigenvalue weighted by atomic mass is 9.77. The third-order valence-electron chi connectivity index (χ3n) is 6.48. The number of anilines is 1. The number of aromatic carboxylic acids is 1. The second kappa shape index (κ2) is 10.9. The fourth-order valence-corrected chi connectivity index (χ4v) is 5.92. The maximum atomic E-state index is 14.7. The maximum Gasteiger partial charge on any atom is 0.335 e. The molecular formula is C27H24Cl2F2N2O3S. The lowest BCUT2D eigenvalue weighted by molar-refractivity contribution is 0.0696. The summed E-state index contributed by atoms with van der Waals surface area (Å²) in [6.07, 6.45) is 0. The normalized spacial score (nSPS) is 15.6. The van der Waals surface area contributed by atoms with Crippen LogP contribution in [-0.2, 0) is 11.2 Å². The molecule has 0 bridgehead atoms. The van der Waals surface area contributed by atoms with Crippen LogP contribution in [0.15, 0.2) is 59.6 Å². The van der Waals surface area contributed by atoms with Gasteiger partial charge in [-0.25, -0.2) is 13.6 Å². The van der Waals surface area contributed by atoms with Crippen LogP contribution in [0.4, 0.5) is 14.5 Å². The average molecular weight is 565 g/mol. The lowest BCUT2D eigenvalue weighted by Crippen LogP contribution is -2.48. The zero-order valence-electron chi connectivity index (χ0n) is 20.3. The van der Waals surface area contributed by atoms with E-state index in [0.29, 0.717) is 22.5 Å². The van der Waals surface area contributed by atoms with Crippen molar-refractivity contribution in [2.45, 2.75) is 31.1 Å². The molecule has 5 nitrogen and oxygen atoms in total. The third kappa shape index (κ3) is 5.56.